The summed E-state index contributed by atoms with van der Waals surface area (Å²) in [6, 6.07) is -0.546. The third-order valence-electron chi connectivity index (χ3n) is 15.3. The van der Waals surface area contributed by atoms with E-state index in [4.69, 9.17) is 4.74 Å². The van der Waals surface area contributed by atoms with Crippen molar-refractivity contribution in [2.45, 2.75) is 379 Å². The molecule has 2 atom stereocenters. The molecule has 0 saturated heterocycles. The minimum absolute atomic E-state index is 0.00351. The maximum absolute atomic E-state index is 12.5. The molecule has 71 heavy (non-hydrogen) atoms. The van der Waals surface area contributed by atoms with E-state index < -0.39 is 12.1 Å². The normalized spacial score (nSPS) is 12.6. The standard InChI is InChI=1S/C65H127NO5/c1-3-5-7-9-11-13-15-17-18-19-20-21-22-23-24-25-26-28-31-34-37-41-45-49-53-57-63(68)62(61-67)66-64(69)58-54-50-46-42-38-35-32-29-27-30-33-36-40-44-48-52-56-60-71-65(70)59-55-51-47-43-39-16-14-12-10-8-6-4-2/h12,14,62-63,67-68H,3-11,13,15-61H2,1-2H3,(H,66,69)/b14-12-. The van der Waals surface area contributed by atoms with Gasteiger partial charge in [0, 0.05) is 12.8 Å². The Labute approximate surface area is 444 Å². The Kier molecular flexibility index (Phi) is 59.9. The summed E-state index contributed by atoms with van der Waals surface area (Å²) in [6.45, 7) is 4.95. The third kappa shape index (κ3) is 57.7. The van der Waals surface area contributed by atoms with E-state index >= 15 is 0 Å². The molecule has 0 aliphatic rings. The smallest absolute Gasteiger partial charge is 0.305 e. The summed E-state index contributed by atoms with van der Waals surface area (Å²) < 4.78 is 5.46. The molecule has 0 rings (SSSR count). The average Bonchev–Trinajstić information content (AvgIpc) is 3.37. The van der Waals surface area contributed by atoms with Crippen LogP contribution in [0.15, 0.2) is 12.2 Å². The molecule has 0 bridgehead atoms. The number of carbonyl (C=O) groups excluding carboxylic acids is 2. The van der Waals surface area contributed by atoms with Crippen molar-refractivity contribution in [1.29, 1.82) is 0 Å². The van der Waals surface area contributed by atoms with E-state index in [2.05, 4.69) is 31.3 Å². The molecule has 0 fully saturated rings. The maximum atomic E-state index is 12.5. The molecule has 3 N–H and O–H groups in total. The zero-order valence-electron chi connectivity index (χ0n) is 48.2. The van der Waals surface area contributed by atoms with Crippen LogP contribution in [0.4, 0.5) is 0 Å². The molecule has 0 radical (unpaired) electrons. The van der Waals surface area contributed by atoms with Gasteiger partial charge in [0.2, 0.25) is 5.91 Å². The minimum atomic E-state index is -0.669. The summed E-state index contributed by atoms with van der Waals surface area (Å²) in [6.07, 6.45) is 73.7. The zero-order valence-corrected chi connectivity index (χ0v) is 48.2. The van der Waals surface area contributed by atoms with Gasteiger partial charge in [-0.3, -0.25) is 9.59 Å². The predicted octanol–water partition coefficient (Wildman–Crippen LogP) is 20.4. The van der Waals surface area contributed by atoms with Gasteiger partial charge in [-0.15, -0.1) is 0 Å². The number of nitrogens with one attached hydrogen (secondary N) is 1. The van der Waals surface area contributed by atoms with E-state index in [9.17, 15) is 19.8 Å². The van der Waals surface area contributed by atoms with E-state index in [1.54, 1.807) is 0 Å². The summed E-state index contributed by atoms with van der Waals surface area (Å²) in [7, 11) is 0. The second kappa shape index (κ2) is 61.1. The highest BCUT2D eigenvalue weighted by molar-refractivity contribution is 5.76. The van der Waals surface area contributed by atoms with E-state index in [1.807, 2.05) is 0 Å². The highest BCUT2D eigenvalue weighted by atomic mass is 16.5. The molecule has 0 heterocycles. The number of rotatable bonds is 61. The highest BCUT2D eigenvalue weighted by Crippen LogP contribution is 2.19. The molecule has 0 aliphatic carbocycles. The van der Waals surface area contributed by atoms with Gasteiger partial charge >= 0.3 is 5.97 Å². The second-order valence-corrected chi connectivity index (χ2v) is 22.5. The van der Waals surface area contributed by atoms with Gasteiger partial charge in [0.15, 0.2) is 0 Å². The number of ether oxygens (including phenoxy) is 1. The SMILES string of the molecule is CCCCC/C=C\CCCCCCCC(=O)OCCCCCCCCCCCCCCCCCCCC(=O)NC(CO)C(O)CCCCCCCCCCCCCCCCCCCCCCCCCCC. The van der Waals surface area contributed by atoms with Crippen molar-refractivity contribution in [3.63, 3.8) is 0 Å². The summed E-state index contributed by atoms with van der Waals surface area (Å²) >= 11 is 0. The lowest BCUT2D eigenvalue weighted by Crippen LogP contribution is -2.45. The van der Waals surface area contributed by atoms with Crippen molar-refractivity contribution in [2.24, 2.45) is 0 Å². The van der Waals surface area contributed by atoms with Crippen molar-refractivity contribution in [3.05, 3.63) is 12.2 Å². The fraction of sp³-hybridized carbons (Fsp3) is 0.938. The van der Waals surface area contributed by atoms with Gasteiger partial charge in [-0.1, -0.05) is 315 Å². The Morgan fingerprint density at radius 2 is 0.662 bits per heavy atom. The van der Waals surface area contributed by atoms with Crippen LogP contribution in [0.1, 0.15) is 367 Å². The number of hydrogen-bond acceptors (Lipinski definition) is 5. The van der Waals surface area contributed by atoms with Crippen LogP contribution in [0.2, 0.25) is 0 Å². The van der Waals surface area contributed by atoms with Gasteiger partial charge in [0.1, 0.15) is 0 Å². The number of amides is 1. The van der Waals surface area contributed by atoms with Crippen LogP contribution in [0.3, 0.4) is 0 Å². The molecule has 0 aromatic carbocycles. The van der Waals surface area contributed by atoms with Crippen LogP contribution in [0, 0.1) is 0 Å². The molecule has 0 aromatic rings. The lowest BCUT2D eigenvalue weighted by atomic mass is 10.0. The lowest BCUT2D eigenvalue weighted by molar-refractivity contribution is -0.143. The Balaban J connectivity index is 3.41. The third-order valence-corrected chi connectivity index (χ3v) is 15.3. The van der Waals surface area contributed by atoms with E-state index in [0.717, 1.165) is 44.9 Å². The van der Waals surface area contributed by atoms with Gasteiger partial charge in [-0.2, -0.15) is 0 Å². The van der Waals surface area contributed by atoms with Crippen molar-refractivity contribution in [2.75, 3.05) is 13.2 Å². The number of esters is 1. The molecule has 6 nitrogen and oxygen atoms in total. The largest absolute Gasteiger partial charge is 0.466 e. The molecule has 0 aromatic heterocycles. The number of unbranched alkanes of at least 4 members (excludes halogenated alkanes) is 48. The number of hydrogen-bond donors (Lipinski definition) is 3. The second-order valence-electron chi connectivity index (χ2n) is 22.5. The van der Waals surface area contributed by atoms with Gasteiger partial charge in [-0.25, -0.2) is 0 Å². The molecule has 0 saturated carbocycles. The number of allylic oxidation sites excluding steroid dienone is 2. The van der Waals surface area contributed by atoms with Crippen molar-refractivity contribution in [3.8, 4) is 0 Å². The predicted molar refractivity (Wildman–Crippen MR) is 310 cm³/mol. The van der Waals surface area contributed by atoms with E-state index in [0.29, 0.717) is 25.9 Å². The van der Waals surface area contributed by atoms with Gasteiger partial charge in [0.25, 0.3) is 0 Å². The fourth-order valence-corrected chi connectivity index (χ4v) is 10.3. The molecule has 0 aliphatic heterocycles. The minimum Gasteiger partial charge on any atom is -0.466 e. The van der Waals surface area contributed by atoms with Crippen molar-refractivity contribution >= 4 is 11.9 Å². The first-order valence-corrected chi connectivity index (χ1v) is 32.4. The quantitative estimate of drug-likeness (QED) is 0.0320. The van der Waals surface area contributed by atoms with Crippen molar-refractivity contribution < 1.29 is 24.5 Å². The lowest BCUT2D eigenvalue weighted by Gasteiger charge is -2.22. The summed E-state index contributed by atoms with van der Waals surface area (Å²) in [5, 5.41) is 23.4. The number of aliphatic hydroxyl groups is 2. The molecular weight excluding hydrogens is 875 g/mol. The highest BCUT2D eigenvalue weighted by Gasteiger charge is 2.20. The first-order chi connectivity index (χ1) is 35.0. The molecule has 6 heteroatoms. The van der Waals surface area contributed by atoms with Crippen LogP contribution in [-0.4, -0.2) is 47.4 Å². The molecule has 1 amide bonds. The van der Waals surface area contributed by atoms with Gasteiger partial charge < -0.3 is 20.3 Å². The average molecular weight is 1000 g/mol. The van der Waals surface area contributed by atoms with Crippen LogP contribution < -0.4 is 5.32 Å². The first-order valence-electron chi connectivity index (χ1n) is 32.4. The van der Waals surface area contributed by atoms with Crippen LogP contribution in [0.25, 0.3) is 0 Å². The Morgan fingerprint density at radius 1 is 0.380 bits per heavy atom. The first kappa shape index (κ1) is 69.6. The van der Waals surface area contributed by atoms with E-state index in [1.165, 1.54) is 289 Å². The molecule has 0 spiro atoms. The monoisotopic (exact) mass is 1000 g/mol. The Hall–Kier alpha value is -1.40. The zero-order chi connectivity index (χ0) is 51.4. The molecule has 2 unspecified atom stereocenters. The van der Waals surface area contributed by atoms with Crippen molar-refractivity contribution in [1.82, 2.24) is 5.32 Å². The topological polar surface area (TPSA) is 95.9 Å². The van der Waals surface area contributed by atoms with Crippen LogP contribution >= 0.6 is 0 Å². The summed E-state index contributed by atoms with van der Waals surface area (Å²) in [5.74, 6) is -0.0393. The Morgan fingerprint density at radius 3 is 1.03 bits per heavy atom. The number of carbonyl (C=O) groups is 2. The fourth-order valence-electron chi connectivity index (χ4n) is 10.3. The maximum Gasteiger partial charge on any atom is 0.305 e. The Bertz CT molecular complexity index is 1060. The van der Waals surface area contributed by atoms with E-state index in [-0.39, 0.29) is 18.5 Å². The van der Waals surface area contributed by atoms with Gasteiger partial charge in [-0.05, 0) is 51.4 Å². The molecule has 422 valence electrons. The molecular formula is C65H127NO5. The summed E-state index contributed by atoms with van der Waals surface area (Å²) in [4.78, 5) is 24.6. The summed E-state index contributed by atoms with van der Waals surface area (Å²) in [5.41, 5.74) is 0. The van der Waals surface area contributed by atoms with Crippen LogP contribution in [-0.2, 0) is 14.3 Å². The van der Waals surface area contributed by atoms with Gasteiger partial charge in [0.05, 0.1) is 25.4 Å². The number of aliphatic hydroxyl groups excluding tert-OH is 2. The van der Waals surface area contributed by atoms with Crippen LogP contribution in [0.5, 0.6) is 0 Å².